The van der Waals surface area contributed by atoms with Gasteiger partial charge in [0.2, 0.25) is 5.91 Å². The van der Waals surface area contributed by atoms with E-state index in [-0.39, 0.29) is 11.5 Å². The minimum Gasteiger partial charge on any atom is -0.350 e. The predicted octanol–water partition coefficient (Wildman–Crippen LogP) is 2.55. The fourth-order valence-corrected chi connectivity index (χ4v) is 3.36. The molecule has 3 rings (SSSR count). The number of aryl methyl sites for hydroxylation is 1. The van der Waals surface area contributed by atoms with Gasteiger partial charge in [0.15, 0.2) is 0 Å². The molecule has 5 nitrogen and oxygen atoms in total. The second-order valence-corrected chi connectivity index (χ2v) is 6.26. The molecule has 0 atom stereocenters. The summed E-state index contributed by atoms with van der Waals surface area (Å²) in [5, 5.41) is 3.59. The predicted molar refractivity (Wildman–Crippen MR) is 91.4 cm³/mol. The molecule has 0 spiro atoms. The largest absolute Gasteiger partial charge is 0.350 e. The Morgan fingerprint density at radius 3 is 2.78 bits per heavy atom. The van der Waals surface area contributed by atoms with Crippen LogP contribution in [0.3, 0.4) is 0 Å². The lowest BCUT2D eigenvalue weighted by Gasteiger charge is -2.04. The van der Waals surface area contributed by atoms with Crippen molar-refractivity contribution >= 4 is 27.5 Å². The van der Waals surface area contributed by atoms with Gasteiger partial charge in [0, 0.05) is 19.2 Å². The zero-order chi connectivity index (χ0) is 16.1. The molecule has 3 aromatic rings. The first-order chi connectivity index (χ1) is 11.2. The van der Waals surface area contributed by atoms with Gasteiger partial charge in [0.1, 0.15) is 0 Å². The molecule has 1 amide bonds. The van der Waals surface area contributed by atoms with Crippen LogP contribution in [0.2, 0.25) is 0 Å². The third-order valence-electron chi connectivity index (χ3n) is 3.51. The van der Waals surface area contributed by atoms with Crippen LogP contribution in [0, 0.1) is 0 Å². The summed E-state index contributed by atoms with van der Waals surface area (Å²) in [7, 11) is 0. The van der Waals surface area contributed by atoms with Crippen LogP contribution in [0.25, 0.3) is 10.1 Å². The number of hydrogen-bond acceptors (Lipinski definition) is 4. The Kier molecular flexibility index (Phi) is 4.83. The van der Waals surface area contributed by atoms with Crippen LogP contribution in [0.15, 0.2) is 53.5 Å². The molecule has 118 valence electrons. The van der Waals surface area contributed by atoms with Crippen LogP contribution in [-0.4, -0.2) is 14.8 Å². The van der Waals surface area contributed by atoms with E-state index in [1.54, 1.807) is 10.2 Å². The Morgan fingerprint density at radius 2 is 2.00 bits per heavy atom. The fourth-order valence-electron chi connectivity index (χ4n) is 2.33. The van der Waals surface area contributed by atoms with Crippen molar-refractivity contribution in [2.24, 2.45) is 0 Å². The number of carbonyl (C=O) groups is 1. The average molecular weight is 327 g/mol. The first-order valence-corrected chi connectivity index (χ1v) is 8.27. The SMILES string of the molecule is O=C(CCCn1sc2ccccc2c1=O)NCc1ccccn1. The number of amides is 1. The molecule has 23 heavy (non-hydrogen) atoms. The standard InChI is InChI=1S/C17H17N3O2S/c21-16(19-12-13-6-3-4-10-18-13)9-5-11-20-17(22)14-7-1-2-8-15(14)23-20/h1-4,6-8,10H,5,9,11-12H2,(H,19,21). The third kappa shape index (κ3) is 3.84. The number of rotatable bonds is 6. The van der Waals surface area contributed by atoms with Gasteiger partial charge in [-0.15, -0.1) is 0 Å². The Hall–Kier alpha value is -2.47. The number of carbonyl (C=O) groups excluding carboxylic acids is 1. The molecule has 1 aromatic carbocycles. The molecule has 2 heterocycles. The average Bonchev–Trinajstić information content (AvgIpc) is 2.91. The molecule has 0 saturated heterocycles. The van der Waals surface area contributed by atoms with Crippen molar-refractivity contribution in [1.82, 2.24) is 14.3 Å². The van der Waals surface area contributed by atoms with E-state index in [0.717, 1.165) is 15.8 Å². The Morgan fingerprint density at radius 1 is 1.17 bits per heavy atom. The number of aromatic nitrogens is 2. The molecular weight excluding hydrogens is 310 g/mol. The van der Waals surface area contributed by atoms with Crippen molar-refractivity contribution in [3.63, 3.8) is 0 Å². The molecule has 0 radical (unpaired) electrons. The number of nitrogens with one attached hydrogen (secondary N) is 1. The van der Waals surface area contributed by atoms with Gasteiger partial charge in [-0.3, -0.25) is 18.5 Å². The molecule has 0 unspecified atom stereocenters. The van der Waals surface area contributed by atoms with Gasteiger partial charge >= 0.3 is 0 Å². The molecule has 0 aliphatic rings. The Labute approximate surface area is 137 Å². The van der Waals surface area contributed by atoms with Crippen molar-refractivity contribution < 1.29 is 4.79 Å². The van der Waals surface area contributed by atoms with E-state index in [9.17, 15) is 9.59 Å². The number of pyridine rings is 1. The highest BCUT2D eigenvalue weighted by Gasteiger charge is 2.07. The third-order valence-corrected chi connectivity index (χ3v) is 4.63. The fraction of sp³-hybridized carbons (Fsp3) is 0.235. The lowest BCUT2D eigenvalue weighted by molar-refractivity contribution is -0.121. The maximum absolute atomic E-state index is 12.2. The van der Waals surface area contributed by atoms with Crippen LogP contribution in [0.5, 0.6) is 0 Å². The first kappa shape index (κ1) is 15.4. The normalized spacial score (nSPS) is 10.8. The first-order valence-electron chi connectivity index (χ1n) is 7.49. The van der Waals surface area contributed by atoms with E-state index in [0.29, 0.717) is 25.9 Å². The van der Waals surface area contributed by atoms with E-state index >= 15 is 0 Å². The van der Waals surface area contributed by atoms with Crippen LogP contribution in [0.1, 0.15) is 18.5 Å². The Balaban J connectivity index is 1.49. The zero-order valence-corrected chi connectivity index (χ0v) is 13.4. The van der Waals surface area contributed by atoms with Crippen LogP contribution in [0.4, 0.5) is 0 Å². The summed E-state index contributed by atoms with van der Waals surface area (Å²) in [5.41, 5.74) is 0.862. The molecule has 0 aliphatic heterocycles. The summed E-state index contributed by atoms with van der Waals surface area (Å²) < 4.78 is 2.70. The van der Waals surface area contributed by atoms with Gasteiger partial charge in [0.05, 0.1) is 22.3 Å². The van der Waals surface area contributed by atoms with Crippen molar-refractivity contribution in [1.29, 1.82) is 0 Å². The summed E-state index contributed by atoms with van der Waals surface area (Å²) >= 11 is 1.45. The van der Waals surface area contributed by atoms with Crippen LogP contribution >= 0.6 is 11.5 Å². The molecule has 6 heteroatoms. The van der Waals surface area contributed by atoms with E-state index in [4.69, 9.17) is 0 Å². The lowest BCUT2D eigenvalue weighted by Crippen LogP contribution is -2.23. The van der Waals surface area contributed by atoms with E-state index < -0.39 is 0 Å². The second-order valence-electron chi connectivity index (χ2n) is 5.20. The van der Waals surface area contributed by atoms with Gasteiger partial charge in [-0.1, -0.05) is 29.7 Å². The molecule has 0 fully saturated rings. The van der Waals surface area contributed by atoms with E-state index in [1.165, 1.54) is 11.5 Å². The number of benzene rings is 1. The molecular formula is C17H17N3O2S. The quantitative estimate of drug-likeness (QED) is 0.757. The summed E-state index contributed by atoms with van der Waals surface area (Å²) in [6.45, 7) is 0.998. The maximum atomic E-state index is 12.2. The van der Waals surface area contributed by atoms with Gasteiger partial charge in [-0.2, -0.15) is 0 Å². The topological polar surface area (TPSA) is 64.0 Å². The number of fused-ring (bicyclic) bond motifs is 1. The van der Waals surface area contributed by atoms with E-state index in [1.807, 2.05) is 42.5 Å². The Bertz CT molecular complexity index is 855. The number of nitrogens with zero attached hydrogens (tertiary/aromatic N) is 2. The van der Waals surface area contributed by atoms with Crippen LogP contribution in [-0.2, 0) is 17.9 Å². The molecule has 0 aliphatic carbocycles. The summed E-state index contributed by atoms with van der Waals surface area (Å²) in [6, 6.07) is 13.2. The van der Waals surface area contributed by atoms with Crippen molar-refractivity contribution in [2.75, 3.05) is 0 Å². The number of hydrogen-bond donors (Lipinski definition) is 1. The molecule has 1 N–H and O–H groups in total. The second kappa shape index (κ2) is 7.19. The lowest BCUT2D eigenvalue weighted by atomic mass is 10.2. The minimum atomic E-state index is -0.0233. The van der Waals surface area contributed by atoms with Crippen molar-refractivity contribution in [3.05, 3.63) is 64.7 Å². The summed E-state index contributed by atoms with van der Waals surface area (Å²) in [5.74, 6) is -0.0233. The molecule has 0 bridgehead atoms. The smallest absolute Gasteiger partial charge is 0.268 e. The van der Waals surface area contributed by atoms with Crippen molar-refractivity contribution in [2.45, 2.75) is 25.9 Å². The van der Waals surface area contributed by atoms with Gasteiger partial charge in [-0.05, 0) is 30.7 Å². The van der Waals surface area contributed by atoms with Crippen LogP contribution < -0.4 is 10.9 Å². The van der Waals surface area contributed by atoms with Gasteiger partial charge in [0.25, 0.3) is 5.56 Å². The summed E-state index contributed by atoms with van der Waals surface area (Å²) in [4.78, 5) is 28.2. The van der Waals surface area contributed by atoms with Gasteiger partial charge in [-0.25, -0.2) is 0 Å². The maximum Gasteiger partial charge on any atom is 0.268 e. The summed E-state index contributed by atoms with van der Waals surface area (Å²) in [6.07, 6.45) is 2.74. The minimum absolute atomic E-state index is 0.0233. The zero-order valence-electron chi connectivity index (χ0n) is 12.6. The highest BCUT2D eigenvalue weighted by Crippen LogP contribution is 2.16. The van der Waals surface area contributed by atoms with Crippen molar-refractivity contribution in [3.8, 4) is 0 Å². The van der Waals surface area contributed by atoms with E-state index in [2.05, 4.69) is 10.3 Å². The molecule has 2 aromatic heterocycles. The molecule has 0 saturated carbocycles. The highest BCUT2D eigenvalue weighted by molar-refractivity contribution is 7.13. The monoisotopic (exact) mass is 327 g/mol. The highest BCUT2D eigenvalue weighted by atomic mass is 32.1. The van der Waals surface area contributed by atoms with Gasteiger partial charge < -0.3 is 5.32 Å².